The van der Waals surface area contributed by atoms with Gasteiger partial charge in [-0.1, -0.05) is 6.92 Å². The summed E-state index contributed by atoms with van der Waals surface area (Å²) in [6.45, 7) is 4.73. The number of carboxylic acids is 1. The Hall–Kier alpha value is -0.280. The fourth-order valence-electron chi connectivity index (χ4n) is 1.32. The van der Waals surface area contributed by atoms with E-state index in [1.807, 2.05) is 0 Å². The molecular formula is C7H14ClNO2. The van der Waals surface area contributed by atoms with Crippen LogP contribution in [0, 0.1) is 5.92 Å². The van der Waals surface area contributed by atoms with Gasteiger partial charge in [-0.3, -0.25) is 4.79 Å². The second-order valence-corrected chi connectivity index (χ2v) is 2.72. The van der Waals surface area contributed by atoms with Gasteiger partial charge in [0.1, 0.15) is 0 Å². The molecule has 1 fully saturated rings. The number of halogens is 1. The smallest absolute Gasteiger partial charge is 0.307 e. The second kappa shape index (κ2) is 4.57. The van der Waals surface area contributed by atoms with Gasteiger partial charge in [0, 0.05) is 6.54 Å². The average molecular weight is 180 g/mol. The molecule has 4 heteroatoms. The number of aliphatic carboxylic acids is 1. The molecule has 1 unspecified atom stereocenters. The number of hydrogen-bond acceptors (Lipinski definition) is 2. The van der Waals surface area contributed by atoms with Gasteiger partial charge in [-0.05, 0) is 19.5 Å². The van der Waals surface area contributed by atoms with E-state index in [0.29, 0.717) is 0 Å². The van der Waals surface area contributed by atoms with Gasteiger partial charge >= 0.3 is 5.97 Å². The molecule has 0 radical (unpaired) electrons. The first-order valence-corrected chi connectivity index (χ1v) is 3.69. The van der Waals surface area contributed by atoms with Crippen molar-refractivity contribution < 1.29 is 9.90 Å². The molecule has 11 heavy (non-hydrogen) atoms. The minimum Gasteiger partial charge on any atom is -0.481 e. The van der Waals surface area contributed by atoms with Gasteiger partial charge in [-0.25, -0.2) is 0 Å². The Morgan fingerprint density at radius 2 is 2.36 bits per heavy atom. The largest absolute Gasteiger partial charge is 0.481 e. The highest BCUT2D eigenvalue weighted by Crippen LogP contribution is 2.14. The first-order valence-electron chi connectivity index (χ1n) is 3.69. The summed E-state index contributed by atoms with van der Waals surface area (Å²) >= 11 is 0. The van der Waals surface area contributed by atoms with Crippen LogP contribution in [0.3, 0.4) is 0 Å². The minimum atomic E-state index is -0.643. The highest BCUT2D eigenvalue weighted by Gasteiger charge is 2.26. The molecule has 1 aliphatic heterocycles. The van der Waals surface area contributed by atoms with Crippen molar-refractivity contribution in [3.63, 3.8) is 0 Å². The topological polar surface area (TPSA) is 40.5 Å². The van der Waals surface area contributed by atoms with Crippen molar-refractivity contribution in [3.8, 4) is 0 Å². The summed E-state index contributed by atoms with van der Waals surface area (Å²) in [6.07, 6.45) is 0.823. The second-order valence-electron chi connectivity index (χ2n) is 2.72. The van der Waals surface area contributed by atoms with Crippen molar-refractivity contribution in [1.29, 1.82) is 0 Å². The van der Waals surface area contributed by atoms with Crippen LogP contribution in [-0.4, -0.2) is 35.6 Å². The zero-order valence-corrected chi connectivity index (χ0v) is 7.43. The standard InChI is InChI=1S/C7H13NO2.ClH/c1-2-8-4-3-6(5-8)7(9)10;/h6H,2-5H2,1H3,(H,9,10);1H. The minimum absolute atomic E-state index is 0. The lowest BCUT2D eigenvalue weighted by molar-refractivity contribution is -0.141. The molecule has 3 nitrogen and oxygen atoms in total. The van der Waals surface area contributed by atoms with Crippen LogP contribution in [-0.2, 0) is 4.79 Å². The molecule has 0 amide bonds. The van der Waals surface area contributed by atoms with Gasteiger partial charge < -0.3 is 10.0 Å². The monoisotopic (exact) mass is 179 g/mol. The number of carbonyl (C=O) groups is 1. The van der Waals surface area contributed by atoms with Crippen molar-refractivity contribution in [2.75, 3.05) is 19.6 Å². The number of hydrogen-bond donors (Lipinski definition) is 1. The maximum absolute atomic E-state index is 10.4. The zero-order chi connectivity index (χ0) is 7.56. The number of likely N-dealkylation sites (tertiary alicyclic amines) is 1. The van der Waals surface area contributed by atoms with E-state index < -0.39 is 5.97 Å². The maximum Gasteiger partial charge on any atom is 0.307 e. The molecule has 0 aromatic carbocycles. The number of rotatable bonds is 2. The fraction of sp³-hybridized carbons (Fsp3) is 0.857. The number of carboxylic acid groups (broad SMARTS) is 1. The summed E-state index contributed by atoms with van der Waals surface area (Å²) in [5, 5.41) is 8.60. The molecule has 0 aromatic rings. The first-order chi connectivity index (χ1) is 4.74. The molecule has 0 saturated carbocycles. The van der Waals surface area contributed by atoms with Crippen LogP contribution in [0.4, 0.5) is 0 Å². The third kappa shape index (κ3) is 2.67. The lowest BCUT2D eigenvalue weighted by atomic mass is 10.1. The van der Waals surface area contributed by atoms with E-state index >= 15 is 0 Å². The van der Waals surface area contributed by atoms with E-state index in [1.54, 1.807) is 0 Å². The quantitative estimate of drug-likeness (QED) is 0.683. The van der Waals surface area contributed by atoms with E-state index in [0.717, 1.165) is 26.1 Å². The van der Waals surface area contributed by atoms with Crippen LogP contribution in [0.1, 0.15) is 13.3 Å². The summed E-state index contributed by atoms with van der Waals surface area (Å²) in [7, 11) is 0. The van der Waals surface area contributed by atoms with Crippen molar-refractivity contribution in [3.05, 3.63) is 0 Å². The first kappa shape index (κ1) is 10.7. The Balaban J connectivity index is 0.000001000. The van der Waals surface area contributed by atoms with Gasteiger partial charge in [0.15, 0.2) is 0 Å². The SMILES string of the molecule is CCN1CCC(C(=O)O)C1.Cl. The highest BCUT2D eigenvalue weighted by atomic mass is 35.5. The van der Waals surface area contributed by atoms with E-state index in [9.17, 15) is 4.79 Å². The lowest BCUT2D eigenvalue weighted by Gasteiger charge is -2.10. The van der Waals surface area contributed by atoms with Crippen molar-refractivity contribution in [1.82, 2.24) is 4.90 Å². The molecule has 1 aliphatic rings. The Morgan fingerprint density at radius 3 is 2.64 bits per heavy atom. The predicted octanol–water partition coefficient (Wildman–Crippen LogP) is 0.835. The predicted molar refractivity (Wildman–Crippen MR) is 45.1 cm³/mol. The van der Waals surface area contributed by atoms with Crippen LogP contribution in [0.2, 0.25) is 0 Å². The molecule has 0 spiro atoms. The Labute approximate surface area is 72.8 Å². The average Bonchev–Trinajstić information content (AvgIpc) is 2.34. The zero-order valence-electron chi connectivity index (χ0n) is 6.62. The van der Waals surface area contributed by atoms with Gasteiger partial charge in [0.2, 0.25) is 0 Å². The fourth-order valence-corrected chi connectivity index (χ4v) is 1.32. The van der Waals surface area contributed by atoms with Crippen LogP contribution in [0.25, 0.3) is 0 Å². The normalized spacial score (nSPS) is 24.6. The molecule has 0 aromatic heterocycles. The molecule has 1 saturated heterocycles. The van der Waals surface area contributed by atoms with Crippen LogP contribution in [0.5, 0.6) is 0 Å². The highest BCUT2D eigenvalue weighted by molar-refractivity contribution is 5.85. The summed E-state index contributed by atoms with van der Waals surface area (Å²) in [5.41, 5.74) is 0. The Morgan fingerprint density at radius 1 is 1.73 bits per heavy atom. The van der Waals surface area contributed by atoms with Crippen molar-refractivity contribution in [2.24, 2.45) is 5.92 Å². The molecule has 1 N–H and O–H groups in total. The molecule has 0 aliphatic carbocycles. The van der Waals surface area contributed by atoms with E-state index in [2.05, 4.69) is 11.8 Å². The molecule has 1 heterocycles. The van der Waals surface area contributed by atoms with E-state index in [-0.39, 0.29) is 18.3 Å². The summed E-state index contributed by atoms with van der Waals surface area (Å²) in [5.74, 6) is -0.754. The maximum atomic E-state index is 10.4. The molecule has 1 atom stereocenters. The third-order valence-electron chi connectivity index (χ3n) is 2.07. The van der Waals surface area contributed by atoms with Gasteiger partial charge in [-0.2, -0.15) is 0 Å². The van der Waals surface area contributed by atoms with Gasteiger partial charge in [-0.15, -0.1) is 12.4 Å². The lowest BCUT2D eigenvalue weighted by Crippen LogP contribution is -2.22. The Kier molecular flexibility index (Phi) is 4.45. The summed E-state index contributed by atoms with van der Waals surface area (Å²) < 4.78 is 0. The van der Waals surface area contributed by atoms with Gasteiger partial charge in [0.05, 0.1) is 5.92 Å². The molecule has 66 valence electrons. The molecular weight excluding hydrogens is 166 g/mol. The van der Waals surface area contributed by atoms with E-state index in [4.69, 9.17) is 5.11 Å². The van der Waals surface area contributed by atoms with Gasteiger partial charge in [0.25, 0.3) is 0 Å². The van der Waals surface area contributed by atoms with Crippen molar-refractivity contribution in [2.45, 2.75) is 13.3 Å². The molecule has 1 rings (SSSR count). The Bertz CT molecular complexity index is 140. The van der Waals surface area contributed by atoms with Crippen LogP contribution in [0.15, 0.2) is 0 Å². The van der Waals surface area contributed by atoms with Crippen molar-refractivity contribution >= 4 is 18.4 Å². The third-order valence-corrected chi connectivity index (χ3v) is 2.07. The van der Waals surface area contributed by atoms with Crippen LogP contribution < -0.4 is 0 Å². The number of nitrogens with zero attached hydrogens (tertiary/aromatic N) is 1. The van der Waals surface area contributed by atoms with E-state index in [1.165, 1.54) is 0 Å². The summed E-state index contributed by atoms with van der Waals surface area (Å²) in [6, 6.07) is 0. The molecule has 0 bridgehead atoms. The van der Waals surface area contributed by atoms with Crippen LogP contribution >= 0.6 is 12.4 Å². The summed E-state index contributed by atoms with van der Waals surface area (Å²) in [4.78, 5) is 12.6.